The lowest BCUT2D eigenvalue weighted by molar-refractivity contribution is 0.0714. The Labute approximate surface area is 134 Å². The van der Waals surface area contributed by atoms with Gasteiger partial charge in [0.1, 0.15) is 10.7 Å². The summed E-state index contributed by atoms with van der Waals surface area (Å²) in [4.78, 5) is 20.2. The molecule has 0 atom stereocenters. The summed E-state index contributed by atoms with van der Waals surface area (Å²) in [6, 6.07) is 6.47. The summed E-state index contributed by atoms with van der Waals surface area (Å²) in [6.45, 7) is 2.01. The van der Waals surface area contributed by atoms with Gasteiger partial charge in [0.05, 0.1) is 6.26 Å². The van der Waals surface area contributed by atoms with E-state index in [0.717, 1.165) is 0 Å². The van der Waals surface area contributed by atoms with E-state index in [4.69, 9.17) is 4.42 Å². The van der Waals surface area contributed by atoms with Gasteiger partial charge in [0.2, 0.25) is 0 Å². The molecule has 7 nitrogen and oxygen atoms in total. The molecule has 0 bridgehead atoms. The van der Waals surface area contributed by atoms with E-state index in [0.29, 0.717) is 37.8 Å². The van der Waals surface area contributed by atoms with Crippen LogP contribution >= 0.6 is 0 Å². The molecular formula is C15H17N3O4S. The molecule has 1 saturated heterocycles. The zero-order valence-electron chi connectivity index (χ0n) is 12.7. The van der Waals surface area contributed by atoms with Gasteiger partial charge >= 0.3 is 0 Å². The number of piperazine rings is 1. The standard InChI is InChI=1S/C15H17N3O4S/c1-23(20,21)13-5-2-6-16-14(13)17-7-9-18(10-8-17)15(19)12-4-3-11-22-12/h2-6,11H,7-10H2,1H3. The normalized spacial score (nSPS) is 15.7. The average molecular weight is 335 g/mol. The van der Waals surface area contributed by atoms with Crippen molar-refractivity contribution in [3.8, 4) is 0 Å². The fourth-order valence-electron chi connectivity index (χ4n) is 2.59. The van der Waals surface area contributed by atoms with Crippen molar-refractivity contribution in [2.24, 2.45) is 0 Å². The quantitative estimate of drug-likeness (QED) is 0.833. The van der Waals surface area contributed by atoms with Crippen LogP contribution in [0.3, 0.4) is 0 Å². The summed E-state index contributed by atoms with van der Waals surface area (Å²) < 4.78 is 28.9. The third-order valence-electron chi connectivity index (χ3n) is 3.75. The van der Waals surface area contributed by atoms with Gasteiger partial charge in [-0.15, -0.1) is 0 Å². The SMILES string of the molecule is CS(=O)(=O)c1cccnc1N1CCN(C(=O)c2ccco2)CC1. The van der Waals surface area contributed by atoms with Crippen molar-refractivity contribution in [1.29, 1.82) is 0 Å². The van der Waals surface area contributed by atoms with E-state index in [-0.39, 0.29) is 10.8 Å². The number of pyridine rings is 1. The molecule has 8 heteroatoms. The largest absolute Gasteiger partial charge is 0.459 e. The first-order chi connectivity index (χ1) is 11.0. The van der Waals surface area contributed by atoms with Gasteiger partial charge in [-0.1, -0.05) is 0 Å². The first-order valence-corrected chi connectivity index (χ1v) is 9.09. The van der Waals surface area contributed by atoms with Gasteiger partial charge in [0.15, 0.2) is 15.6 Å². The van der Waals surface area contributed by atoms with Crippen molar-refractivity contribution < 1.29 is 17.6 Å². The third-order valence-corrected chi connectivity index (χ3v) is 4.87. The maximum Gasteiger partial charge on any atom is 0.289 e. The van der Waals surface area contributed by atoms with Gasteiger partial charge in [0, 0.05) is 38.6 Å². The second kappa shape index (κ2) is 6.04. The lowest BCUT2D eigenvalue weighted by atomic mass is 10.2. The van der Waals surface area contributed by atoms with E-state index >= 15 is 0 Å². The van der Waals surface area contributed by atoms with Crippen molar-refractivity contribution in [3.63, 3.8) is 0 Å². The second-order valence-electron chi connectivity index (χ2n) is 5.35. The molecule has 0 saturated carbocycles. The molecule has 3 rings (SSSR count). The van der Waals surface area contributed by atoms with Crippen molar-refractivity contribution in [2.45, 2.75) is 4.90 Å². The Bertz CT molecular complexity index is 794. The van der Waals surface area contributed by atoms with Gasteiger partial charge < -0.3 is 14.2 Å². The van der Waals surface area contributed by atoms with Crippen LogP contribution in [-0.4, -0.2) is 56.6 Å². The van der Waals surface area contributed by atoms with Gasteiger partial charge in [-0.3, -0.25) is 4.79 Å². The minimum atomic E-state index is -3.35. The summed E-state index contributed by atoms with van der Waals surface area (Å²) >= 11 is 0. The predicted octanol–water partition coefficient (Wildman–Crippen LogP) is 1.04. The Morgan fingerprint density at radius 1 is 1.17 bits per heavy atom. The molecule has 0 N–H and O–H groups in total. The molecule has 0 aliphatic carbocycles. The number of hydrogen-bond acceptors (Lipinski definition) is 6. The summed E-state index contributed by atoms with van der Waals surface area (Å²) in [7, 11) is -3.35. The van der Waals surface area contributed by atoms with Crippen molar-refractivity contribution in [1.82, 2.24) is 9.88 Å². The number of anilines is 1. The highest BCUT2D eigenvalue weighted by Gasteiger charge is 2.26. The van der Waals surface area contributed by atoms with E-state index in [2.05, 4.69) is 4.98 Å². The fraction of sp³-hybridized carbons (Fsp3) is 0.333. The van der Waals surface area contributed by atoms with E-state index in [1.165, 1.54) is 12.5 Å². The Morgan fingerprint density at radius 2 is 1.91 bits per heavy atom. The van der Waals surface area contributed by atoms with Crippen LogP contribution in [0.4, 0.5) is 5.82 Å². The lowest BCUT2D eigenvalue weighted by Gasteiger charge is -2.35. The van der Waals surface area contributed by atoms with Crippen molar-refractivity contribution in [2.75, 3.05) is 37.3 Å². The van der Waals surface area contributed by atoms with Crippen LogP contribution in [0.5, 0.6) is 0 Å². The molecular weight excluding hydrogens is 318 g/mol. The Balaban J connectivity index is 1.74. The van der Waals surface area contributed by atoms with Crippen LogP contribution in [0.25, 0.3) is 0 Å². The van der Waals surface area contributed by atoms with Crippen LogP contribution in [0, 0.1) is 0 Å². The lowest BCUT2D eigenvalue weighted by Crippen LogP contribution is -2.49. The number of carbonyl (C=O) groups is 1. The van der Waals surface area contributed by atoms with Crippen LogP contribution in [-0.2, 0) is 9.84 Å². The molecule has 1 fully saturated rings. The van der Waals surface area contributed by atoms with E-state index in [1.807, 2.05) is 4.90 Å². The average Bonchev–Trinajstić information content (AvgIpc) is 3.08. The van der Waals surface area contributed by atoms with Crippen LogP contribution in [0.2, 0.25) is 0 Å². The number of rotatable bonds is 3. The van der Waals surface area contributed by atoms with E-state index in [9.17, 15) is 13.2 Å². The Kier molecular flexibility index (Phi) is 4.08. The van der Waals surface area contributed by atoms with Crippen LogP contribution in [0.15, 0.2) is 46.0 Å². The smallest absolute Gasteiger partial charge is 0.289 e. The fourth-order valence-corrected chi connectivity index (χ4v) is 3.43. The molecule has 2 aromatic rings. The van der Waals surface area contributed by atoms with Crippen molar-refractivity contribution >= 4 is 21.6 Å². The number of hydrogen-bond donors (Lipinski definition) is 0. The summed E-state index contributed by atoms with van der Waals surface area (Å²) in [5.74, 6) is 0.604. The zero-order chi connectivity index (χ0) is 16.4. The monoisotopic (exact) mass is 335 g/mol. The van der Waals surface area contributed by atoms with Crippen molar-refractivity contribution in [3.05, 3.63) is 42.5 Å². The van der Waals surface area contributed by atoms with Crippen LogP contribution < -0.4 is 4.90 Å². The summed E-state index contributed by atoms with van der Waals surface area (Å²) in [5.41, 5.74) is 0. The second-order valence-corrected chi connectivity index (χ2v) is 7.34. The molecule has 2 aromatic heterocycles. The third kappa shape index (κ3) is 3.21. The molecule has 1 aliphatic rings. The Hall–Kier alpha value is -2.35. The minimum absolute atomic E-state index is 0.154. The maximum absolute atomic E-state index is 12.2. The van der Waals surface area contributed by atoms with Gasteiger partial charge in [0.25, 0.3) is 5.91 Å². The first-order valence-electron chi connectivity index (χ1n) is 7.19. The van der Waals surface area contributed by atoms with Gasteiger partial charge in [-0.05, 0) is 24.3 Å². The number of nitrogens with zero attached hydrogens (tertiary/aromatic N) is 3. The zero-order valence-corrected chi connectivity index (χ0v) is 13.5. The molecule has 1 amide bonds. The topological polar surface area (TPSA) is 83.7 Å². The summed E-state index contributed by atoms with van der Waals surface area (Å²) in [6.07, 6.45) is 4.21. The highest BCUT2D eigenvalue weighted by Crippen LogP contribution is 2.23. The summed E-state index contributed by atoms with van der Waals surface area (Å²) in [5, 5.41) is 0. The molecule has 0 aromatic carbocycles. The predicted molar refractivity (Wildman–Crippen MR) is 84.2 cm³/mol. The van der Waals surface area contributed by atoms with Crippen LogP contribution in [0.1, 0.15) is 10.6 Å². The number of amides is 1. The van der Waals surface area contributed by atoms with E-state index < -0.39 is 9.84 Å². The number of carbonyl (C=O) groups excluding carboxylic acids is 1. The number of sulfone groups is 1. The maximum atomic E-state index is 12.2. The molecule has 3 heterocycles. The molecule has 0 spiro atoms. The van der Waals surface area contributed by atoms with Gasteiger partial charge in [-0.2, -0.15) is 0 Å². The number of furan rings is 1. The van der Waals surface area contributed by atoms with E-state index in [1.54, 1.807) is 35.4 Å². The minimum Gasteiger partial charge on any atom is -0.459 e. The highest BCUT2D eigenvalue weighted by molar-refractivity contribution is 7.90. The molecule has 23 heavy (non-hydrogen) atoms. The Morgan fingerprint density at radius 3 is 2.52 bits per heavy atom. The molecule has 0 unspecified atom stereocenters. The van der Waals surface area contributed by atoms with Gasteiger partial charge in [-0.25, -0.2) is 13.4 Å². The molecule has 122 valence electrons. The highest BCUT2D eigenvalue weighted by atomic mass is 32.2. The first kappa shape index (κ1) is 15.5. The molecule has 1 aliphatic heterocycles. The molecule has 0 radical (unpaired) electrons. The number of aromatic nitrogens is 1.